The minimum atomic E-state index is 0.716. The second kappa shape index (κ2) is 5.94. The van der Waals surface area contributed by atoms with E-state index in [0.717, 1.165) is 24.6 Å². The normalized spacial score (nSPS) is 14.4. The Balaban J connectivity index is 1.65. The van der Waals surface area contributed by atoms with Gasteiger partial charge in [-0.2, -0.15) is 0 Å². The summed E-state index contributed by atoms with van der Waals surface area (Å²) in [4.78, 5) is 2.23. The van der Waals surface area contributed by atoms with Crippen LogP contribution in [0.15, 0.2) is 34.7 Å². The summed E-state index contributed by atoms with van der Waals surface area (Å²) in [5.41, 5.74) is 3.75. The maximum atomic E-state index is 6.01. The van der Waals surface area contributed by atoms with Crippen molar-refractivity contribution in [2.45, 2.75) is 45.8 Å². The number of hydrogen-bond acceptors (Lipinski definition) is 3. The smallest absolute Gasteiger partial charge is 0.123 e. The van der Waals surface area contributed by atoms with Crippen molar-refractivity contribution in [1.29, 1.82) is 0 Å². The molecule has 0 radical (unpaired) electrons. The Hall–Kier alpha value is -1.74. The van der Waals surface area contributed by atoms with Gasteiger partial charge in [0.05, 0.1) is 13.1 Å². The number of hydrogen-bond donors (Lipinski definition) is 1. The summed E-state index contributed by atoms with van der Waals surface area (Å²) in [6.45, 7) is 5.90. The maximum Gasteiger partial charge on any atom is 0.123 e. The van der Waals surface area contributed by atoms with Crippen molar-refractivity contribution < 1.29 is 4.42 Å². The first kappa shape index (κ1) is 14.2. The molecule has 1 saturated carbocycles. The Morgan fingerprint density at radius 3 is 2.76 bits per heavy atom. The molecule has 0 atom stereocenters. The number of aryl methyl sites for hydroxylation is 2. The maximum absolute atomic E-state index is 6.01. The molecule has 0 bridgehead atoms. The molecule has 0 unspecified atom stereocenters. The molecule has 1 aliphatic rings. The van der Waals surface area contributed by atoms with E-state index in [1.165, 1.54) is 29.7 Å². The number of rotatable bonds is 6. The van der Waals surface area contributed by atoms with E-state index >= 15 is 0 Å². The van der Waals surface area contributed by atoms with E-state index in [-0.39, 0.29) is 0 Å². The summed E-state index contributed by atoms with van der Waals surface area (Å²) in [5.74, 6) is 2.11. The number of nitrogens with zero attached hydrogens (tertiary/aromatic N) is 1. The standard InChI is InChI=1S/C18H24N2O/c1-13-5-4-6-16(9-13)20(3)12-17-10-14(2)18(21-17)11-19-15-7-8-15/h4-6,9-10,15,19H,7-8,11-12H2,1-3H3. The van der Waals surface area contributed by atoms with Crippen LogP contribution in [-0.4, -0.2) is 13.1 Å². The van der Waals surface area contributed by atoms with Crippen LogP contribution in [0.3, 0.4) is 0 Å². The van der Waals surface area contributed by atoms with E-state index < -0.39 is 0 Å². The quantitative estimate of drug-likeness (QED) is 0.875. The van der Waals surface area contributed by atoms with Gasteiger partial charge in [0, 0.05) is 18.8 Å². The van der Waals surface area contributed by atoms with Crippen molar-refractivity contribution in [3.8, 4) is 0 Å². The fourth-order valence-corrected chi connectivity index (χ4v) is 2.56. The first-order valence-corrected chi connectivity index (χ1v) is 7.71. The molecule has 1 aromatic heterocycles. The molecule has 0 aliphatic heterocycles. The lowest BCUT2D eigenvalue weighted by molar-refractivity contribution is 0.443. The van der Waals surface area contributed by atoms with Crippen molar-refractivity contribution in [3.63, 3.8) is 0 Å². The monoisotopic (exact) mass is 284 g/mol. The summed E-state index contributed by atoms with van der Waals surface area (Å²) in [5, 5.41) is 3.51. The lowest BCUT2D eigenvalue weighted by atomic mass is 10.2. The second-order valence-electron chi connectivity index (χ2n) is 6.17. The van der Waals surface area contributed by atoms with Crippen molar-refractivity contribution in [3.05, 3.63) is 53.0 Å². The van der Waals surface area contributed by atoms with Crippen LogP contribution in [0.2, 0.25) is 0 Å². The van der Waals surface area contributed by atoms with Crippen LogP contribution in [0.25, 0.3) is 0 Å². The molecule has 1 heterocycles. The molecule has 0 saturated heterocycles. The molecule has 0 amide bonds. The Labute approximate surface area is 127 Å². The third-order valence-electron chi connectivity index (χ3n) is 4.04. The van der Waals surface area contributed by atoms with Crippen LogP contribution in [0.1, 0.15) is 35.5 Å². The van der Waals surface area contributed by atoms with Gasteiger partial charge < -0.3 is 14.6 Å². The van der Waals surface area contributed by atoms with Crippen molar-refractivity contribution in [1.82, 2.24) is 5.32 Å². The molecule has 1 aliphatic carbocycles. The molecular formula is C18H24N2O. The molecular weight excluding hydrogens is 260 g/mol. The Morgan fingerprint density at radius 2 is 2.05 bits per heavy atom. The van der Waals surface area contributed by atoms with E-state index in [2.05, 4.69) is 61.4 Å². The van der Waals surface area contributed by atoms with Crippen LogP contribution in [-0.2, 0) is 13.1 Å². The molecule has 3 rings (SSSR count). The van der Waals surface area contributed by atoms with Crippen LogP contribution < -0.4 is 10.2 Å². The summed E-state index contributed by atoms with van der Waals surface area (Å²) in [6.07, 6.45) is 2.62. The molecule has 1 N–H and O–H groups in total. The Bertz CT molecular complexity index is 613. The average molecular weight is 284 g/mol. The summed E-state index contributed by atoms with van der Waals surface area (Å²) < 4.78 is 6.01. The summed E-state index contributed by atoms with van der Waals surface area (Å²) in [6, 6.07) is 11.4. The molecule has 2 aromatic rings. The summed E-state index contributed by atoms with van der Waals surface area (Å²) in [7, 11) is 2.11. The predicted octanol–water partition coefficient (Wildman–Crippen LogP) is 3.78. The highest BCUT2D eigenvalue weighted by Gasteiger charge is 2.21. The van der Waals surface area contributed by atoms with E-state index in [1.807, 2.05) is 0 Å². The first-order valence-electron chi connectivity index (χ1n) is 7.71. The molecule has 3 heteroatoms. The lowest BCUT2D eigenvalue weighted by Crippen LogP contribution is -2.16. The predicted molar refractivity (Wildman–Crippen MR) is 86.6 cm³/mol. The van der Waals surface area contributed by atoms with E-state index in [0.29, 0.717) is 6.04 Å². The van der Waals surface area contributed by atoms with Gasteiger partial charge in [0.15, 0.2) is 0 Å². The highest BCUT2D eigenvalue weighted by Crippen LogP contribution is 2.23. The third-order valence-corrected chi connectivity index (χ3v) is 4.04. The first-order chi connectivity index (χ1) is 10.1. The molecule has 3 nitrogen and oxygen atoms in total. The van der Waals surface area contributed by atoms with Crippen LogP contribution >= 0.6 is 0 Å². The Morgan fingerprint density at radius 1 is 1.24 bits per heavy atom. The van der Waals surface area contributed by atoms with Gasteiger partial charge >= 0.3 is 0 Å². The second-order valence-corrected chi connectivity index (χ2v) is 6.17. The minimum absolute atomic E-state index is 0.716. The minimum Gasteiger partial charge on any atom is -0.463 e. The number of benzene rings is 1. The zero-order chi connectivity index (χ0) is 14.8. The van der Waals surface area contributed by atoms with E-state index in [9.17, 15) is 0 Å². The number of nitrogens with one attached hydrogen (secondary N) is 1. The highest BCUT2D eigenvalue weighted by atomic mass is 16.3. The van der Waals surface area contributed by atoms with Gasteiger partial charge in [-0.05, 0) is 56.0 Å². The number of anilines is 1. The topological polar surface area (TPSA) is 28.4 Å². The van der Waals surface area contributed by atoms with Gasteiger partial charge in [-0.1, -0.05) is 12.1 Å². The lowest BCUT2D eigenvalue weighted by Gasteiger charge is -2.18. The Kier molecular flexibility index (Phi) is 4.02. The molecule has 1 fully saturated rings. The van der Waals surface area contributed by atoms with Crippen molar-refractivity contribution in [2.75, 3.05) is 11.9 Å². The van der Waals surface area contributed by atoms with E-state index in [4.69, 9.17) is 4.42 Å². The molecule has 1 aromatic carbocycles. The van der Waals surface area contributed by atoms with Gasteiger partial charge in [-0.3, -0.25) is 0 Å². The van der Waals surface area contributed by atoms with Crippen LogP contribution in [0.4, 0.5) is 5.69 Å². The van der Waals surface area contributed by atoms with Crippen LogP contribution in [0, 0.1) is 13.8 Å². The third kappa shape index (κ3) is 3.67. The van der Waals surface area contributed by atoms with Gasteiger partial charge in [0.1, 0.15) is 11.5 Å². The van der Waals surface area contributed by atoms with Crippen LogP contribution in [0.5, 0.6) is 0 Å². The number of furan rings is 1. The average Bonchev–Trinajstić information content (AvgIpc) is 3.21. The van der Waals surface area contributed by atoms with E-state index in [1.54, 1.807) is 0 Å². The SMILES string of the molecule is Cc1cccc(N(C)Cc2cc(C)c(CNC3CC3)o2)c1. The molecule has 21 heavy (non-hydrogen) atoms. The fourth-order valence-electron chi connectivity index (χ4n) is 2.56. The van der Waals surface area contributed by atoms with Gasteiger partial charge in [0.2, 0.25) is 0 Å². The summed E-state index contributed by atoms with van der Waals surface area (Å²) >= 11 is 0. The fraction of sp³-hybridized carbons (Fsp3) is 0.444. The largest absolute Gasteiger partial charge is 0.463 e. The zero-order valence-electron chi connectivity index (χ0n) is 13.1. The molecule has 112 valence electrons. The molecule has 0 spiro atoms. The van der Waals surface area contributed by atoms with Gasteiger partial charge in [-0.25, -0.2) is 0 Å². The highest BCUT2D eigenvalue weighted by molar-refractivity contribution is 5.47. The van der Waals surface area contributed by atoms with Crippen molar-refractivity contribution in [2.24, 2.45) is 0 Å². The zero-order valence-corrected chi connectivity index (χ0v) is 13.1. The van der Waals surface area contributed by atoms with Gasteiger partial charge in [0.25, 0.3) is 0 Å². The van der Waals surface area contributed by atoms with Crippen molar-refractivity contribution >= 4 is 5.69 Å². The van der Waals surface area contributed by atoms with Gasteiger partial charge in [-0.15, -0.1) is 0 Å².